The van der Waals surface area contributed by atoms with Gasteiger partial charge in [-0.15, -0.1) is 0 Å². The van der Waals surface area contributed by atoms with Crippen molar-refractivity contribution in [2.24, 2.45) is 0 Å². The van der Waals surface area contributed by atoms with Crippen molar-refractivity contribution in [1.29, 1.82) is 0 Å². The highest BCUT2D eigenvalue weighted by Crippen LogP contribution is 2.48. The molecule has 4 rings (SSSR count). The van der Waals surface area contributed by atoms with Gasteiger partial charge in [-0.1, -0.05) is 31.7 Å². The van der Waals surface area contributed by atoms with Crippen LogP contribution in [0, 0.1) is 0 Å². The van der Waals surface area contributed by atoms with Gasteiger partial charge < -0.3 is 14.4 Å². The number of hydrogen-bond donors (Lipinski definition) is 3. The topological polar surface area (TPSA) is 149 Å². The van der Waals surface area contributed by atoms with Crippen molar-refractivity contribution >= 4 is 24.6 Å². The van der Waals surface area contributed by atoms with E-state index in [2.05, 4.69) is 5.09 Å². The minimum atomic E-state index is -4.26. The lowest BCUT2D eigenvalue weighted by atomic mass is 9.98. The smallest absolute Gasteiger partial charge is 0.413 e. The summed E-state index contributed by atoms with van der Waals surface area (Å²) in [7, 11) is -4.26. The van der Waals surface area contributed by atoms with Gasteiger partial charge >= 0.3 is 13.4 Å². The van der Waals surface area contributed by atoms with Crippen LogP contribution in [0.15, 0.2) is 40.1 Å². The third-order valence-electron chi connectivity index (χ3n) is 6.58. The highest BCUT2D eigenvalue weighted by Gasteiger charge is 2.56. The molecular weight excluding hydrogens is 552 g/mol. The fraction of sp³-hybridized carbons (Fsp3) is 0.560. The molecule has 1 saturated heterocycles. The van der Waals surface area contributed by atoms with E-state index < -0.39 is 55.7 Å². The number of alkyl halides is 1. The summed E-state index contributed by atoms with van der Waals surface area (Å²) in [5.41, 5.74) is -1.82. The van der Waals surface area contributed by atoms with Crippen molar-refractivity contribution in [3.8, 4) is 5.75 Å². The first kappa shape index (κ1) is 29.7. The lowest BCUT2D eigenvalue weighted by Crippen LogP contribution is -2.43. The molecule has 3 N–H and O–H groups in total. The molecule has 0 saturated carbocycles. The Bertz CT molecular complexity index is 1380. The highest BCUT2D eigenvalue weighted by molar-refractivity contribution is 8.14. The third-order valence-corrected chi connectivity index (χ3v) is 9.28. The Kier molecular flexibility index (Phi) is 8.89. The van der Waals surface area contributed by atoms with E-state index in [4.69, 9.17) is 13.8 Å². The number of hydrogen-bond acceptors (Lipinski definition) is 9. The zero-order chi connectivity index (χ0) is 28.5. The standard InChI is InChI=1S/C25H33FN3O8PS/c1-14(2)39-22(32)15(3)28-38(34,37-18-9-8-16-6-5-7-17(16)12-18)35-13-19-21(31)25(4,26)23(36-19)29-11-10-20(30)27-24(29)33/h8-12,14-15,19,21,23,31H,5-7,13H2,1-4H3,(H,28,34)(H,27,30,33)/t15-,19+,21+,23+,25+,38?/m0/s1. The highest BCUT2D eigenvalue weighted by atomic mass is 32.2. The van der Waals surface area contributed by atoms with Gasteiger partial charge in [0.2, 0.25) is 5.12 Å². The van der Waals surface area contributed by atoms with E-state index >= 15 is 4.39 Å². The predicted molar refractivity (Wildman–Crippen MR) is 144 cm³/mol. The van der Waals surface area contributed by atoms with Crippen LogP contribution in [0.2, 0.25) is 0 Å². The van der Waals surface area contributed by atoms with E-state index in [-0.39, 0.29) is 16.1 Å². The van der Waals surface area contributed by atoms with Crippen LogP contribution in [-0.2, 0) is 31.5 Å². The number of fused-ring (bicyclic) bond motifs is 1. The number of thioether (sulfide) groups is 1. The van der Waals surface area contributed by atoms with E-state index in [1.54, 1.807) is 12.1 Å². The molecule has 1 aromatic carbocycles. The molecule has 1 fully saturated rings. The van der Waals surface area contributed by atoms with E-state index in [1.807, 2.05) is 24.9 Å². The number of aryl methyl sites for hydroxylation is 2. The quantitative estimate of drug-likeness (QED) is 0.356. The molecule has 2 aromatic rings. The lowest BCUT2D eigenvalue weighted by Gasteiger charge is -2.25. The molecule has 0 radical (unpaired) electrons. The normalized spacial score (nSPS) is 26.8. The van der Waals surface area contributed by atoms with Gasteiger partial charge in [0.25, 0.3) is 5.56 Å². The Morgan fingerprint density at radius 2 is 2.03 bits per heavy atom. The van der Waals surface area contributed by atoms with Gasteiger partial charge in [-0.05, 0) is 56.4 Å². The molecule has 1 aliphatic carbocycles. The van der Waals surface area contributed by atoms with E-state index in [1.165, 1.54) is 12.5 Å². The molecule has 0 bridgehead atoms. The van der Waals surface area contributed by atoms with E-state index in [0.29, 0.717) is 0 Å². The Morgan fingerprint density at radius 3 is 2.72 bits per heavy atom. The fourth-order valence-electron chi connectivity index (χ4n) is 4.59. The number of aliphatic hydroxyl groups excluding tert-OH is 1. The number of halogens is 1. The average molecular weight is 586 g/mol. The largest absolute Gasteiger partial charge is 0.459 e. The maximum atomic E-state index is 15.6. The van der Waals surface area contributed by atoms with E-state index in [9.17, 15) is 24.1 Å². The third kappa shape index (κ3) is 6.72. The monoisotopic (exact) mass is 585 g/mol. The van der Waals surface area contributed by atoms with Crippen LogP contribution in [0.1, 0.15) is 51.5 Å². The van der Waals surface area contributed by atoms with Gasteiger partial charge in [0.05, 0.1) is 12.6 Å². The molecule has 14 heteroatoms. The SMILES string of the molecule is CC(C)SC(=O)[C@H](C)NP(=O)(OC[C@H]1O[C@@H](n2ccc(=O)[nH]c2=O)[C@](C)(F)[C@@H]1O)Oc1ccc2c(c1)CCC2. The van der Waals surface area contributed by atoms with Crippen LogP contribution in [0.25, 0.3) is 0 Å². The number of rotatable bonds is 10. The van der Waals surface area contributed by atoms with Crippen LogP contribution < -0.4 is 20.9 Å². The number of nitrogens with zero attached hydrogens (tertiary/aromatic N) is 1. The van der Waals surface area contributed by atoms with Crippen molar-refractivity contribution in [1.82, 2.24) is 14.6 Å². The minimum absolute atomic E-state index is 0.00258. The molecule has 1 unspecified atom stereocenters. The molecule has 1 aliphatic heterocycles. The Morgan fingerprint density at radius 1 is 1.31 bits per heavy atom. The van der Waals surface area contributed by atoms with Crippen LogP contribution in [0.3, 0.4) is 0 Å². The first-order chi connectivity index (χ1) is 18.3. The van der Waals surface area contributed by atoms with Gasteiger partial charge in [0.15, 0.2) is 11.9 Å². The number of carbonyl (C=O) groups excluding carboxylic acids is 1. The Balaban J connectivity index is 1.54. The molecular formula is C25H33FN3O8PS. The van der Waals surface area contributed by atoms with Crippen molar-refractivity contribution in [3.63, 3.8) is 0 Å². The molecule has 0 spiro atoms. The van der Waals surface area contributed by atoms with Gasteiger partial charge in [0, 0.05) is 17.5 Å². The first-order valence-electron chi connectivity index (χ1n) is 12.7. The number of benzene rings is 1. The Hall–Kier alpha value is -2.28. The zero-order valence-electron chi connectivity index (χ0n) is 22.1. The summed E-state index contributed by atoms with van der Waals surface area (Å²) < 4.78 is 47.3. The summed E-state index contributed by atoms with van der Waals surface area (Å²) >= 11 is 1.06. The molecule has 39 heavy (non-hydrogen) atoms. The van der Waals surface area contributed by atoms with Crippen molar-refractivity contribution in [3.05, 3.63) is 62.4 Å². The van der Waals surface area contributed by atoms with Crippen molar-refractivity contribution in [2.45, 2.75) is 82.4 Å². The van der Waals surface area contributed by atoms with Crippen LogP contribution >= 0.6 is 19.5 Å². The number of aromatic amines is 1. The van der Waals surface area contributed by atoms with Crippen LogP contribution in [0.5, 0.6) is 5.75 Å². The number of H-pyrrole nitrogens is 1. The first-order valence-corrected chi connectivity index (χ1v) is 15.1. The fourth-order valence-corrected chi connectivity index (χ4v) is 6.91. The second kappa shape index (κ2) is 11.7. The minimum Gasteiger partial charge on any atom is -0.413 e. The van der Waals surface area contributed by atoms with Gasteiger partial charge in [0.1, 0.15) is 18.0 Å². The summed E-state index contributed by atoms with van der Waals surface area (Å²) in [6, 6.07) is 5.41. The number of ether oxygens (including phenoxy) is 1. The van der Waals surface area contributed by atoms with Gasteiger partial charge in [-0.2, -0.15) is 0 Å². The summed E-state index contributed by atoms with van der Waals surface area (Å²) in [4.78, 5) is 38.2. The summed E-state index contributed by atoms with van der Waals surface area (Å²) in [5, 5.41) is 13.0. The van der Waals surface area contributed by atoms with E-state index in [0.717, 1.165) is 60.3 Å². The Labute approximate surface area is 229 Å². The van der Waals surface area contributed by atoms with Gasteiger partial charge in [-0.25, -0.2) is 18.8 Å². The maximum absolute atomic E-state index is 15.6. The average Bonchev–Trinajstić information content (AvgIpc) is 3.39. The second-order valence-electron chi connectivity index (χ2n) is 10.1. The van der Waals surface area contributed by atoms with Gasteiger partial charge in [-0.3, -0.25) is 23.7 Å². The summed E-state index contributed by atoms with van der Waals surface area (Å²) in [5.74, 6) is 0.267. The number of aliphatic hydroxyl groups is 1. The van der Waals surface area contributed by atoms with Crippen molar-refractivity contribution in [2.75, 3.05) is 6.61 Å². The molecule has 2 aliphatic rings. The molecule has 1 aromatic heterocycles. The molecule has 0 amide bonds. The molecule has 11 nitrogen and oxygen atoms in total. The predicted octanol–water partition coefficient (Wildman–Crippen LogP) is 2.86. The summed E-state index contributed by atoms with van der Waals surface area (Å²) in [6.45, 7) is 5.68. The maximum Gasteiger partial charge on any atom is 0.459 e. The van der Waals surface area contributed by atoms with Crippen LogP contribution in [0.4, 0.5) is 4.39 Å². The summed E-state index contributed by atoms with van der Waals surface area (Å²) in [6.07, 6.45) is -0.890. The number of aromatic nitrogens is 2. The number of nitrogens with one attached hydrogen (secondary N) is 2. The molecule has 214 valence electrons. The number of carbonyl (C=O) groups is 1. The zero-order valence-corrected chi connectivity index (χ0v) is 23.8. The second-order valence-corrected chi connectivity index (χ2v) is 13.4. The van der Waals surface area contributed by atoms with Crippen LogP contribution in [-0.4, -0.2) is 55.5 Å². The van der Waals surface area contributed by atoms with Crippen molar-refractivity contribution < 1.29 is 32.6 Å². The molecule has 6 atom stereocenters. The lowest BCUT2D eigenvalue weighted by molar-refractivity contribution is -0.112. The molecule has 2 heterocycles.